The highest BCUT2D eigenvalue weighted by molar-refractivity contribution is 5.76. The molecule has 23 heavy (non-hydrogen) atoms. The summed E-state index contributed by atoms with van der Waals surface area (Å²) < 4.78 is 4.91. The van der Waals surface area contributed by atoms with Crippen LogP contribution in [0.3, 0.4) is 0 Å². The zero-order chi connectivity index (χ0) is 17.1. The Morgan fingerprint density at radius 2 is 1.96 bits per heavy atom. The minimum Gasteiger partial charge on any atom is -0.397 e. The predicted molar refractivity (Wildman–Crippen MR) is 96.9 cm³/mol. The number of carbonyl (C=O) groups is 1. The average molecular weight is 321 g/mol. The first-order valence-electron chi connectivity index (χ1n) is 8.51. The molecule has 0 aromatic heterocycles. The fourth-order valence-electron chi connectivity index (χ4n) is 2.58. The molecule has 5 nitrogen and oxygen atoms in total. The summed E-state index contributed by atoms with van der Waals surface area (Å²) in [6.07, 6.45) is 3.37. The number of amides is 1. The van der Waals surface area contributed by atoms with Crippen LogP contribution >= 0.6 is 0 Å². The summed E-state index contributed by atoms with van der Waals surface area (Å²) in [7, 11) is 1.62. The number of nitrogens with two attached hydrogens (primary N) is 1. The summed E-state index contributed by atoms with van der Waals surface area (Å²) in [6, 6.07) is 6.15. The Balaban J connectivity index is 2.59. The number of aryl methyl sites for hydroxylation is 1. The zero-order valence-corrected chi connectivity index (χ0v) is 14.7. The van der Waals surface area contributed by atoms with Gasteiger partial charge in [0.2, 0.25) is 5.91 Å². The van der Waals surface area contributed by atoms with E-state index in [1.807, 2.05) is 6.07 Å². The van der Waals surface area contributed by atoms with Crippen LogP contribution in [0, 0.1) is 0 Å². The molecular weight excluding hydrogens is 290 g/mol. The number of nitrogens with zero attached hydrogens (tertiary/aromatic N) is 1. The number of nitrogens with one attached hydrogen (secondary N) is 1. The molecule has 1 rings (SSSR count). The van der Waals surface area contributed by atoms with E-state index in [1.165, 1.54) is 0 Å². The maximum absolute atomic E-state index is 11.7. The number of anilines is 2. The molecule has 0 heterocycles. The van der Waals surface area contributed by atoms with Gasteiger partial charge in [0.15, 0.2) is 0 Å². The molecule has 0 bridgehead atoms. The average Bonchev–Trinajstić information content (AvgIpc) is 2.53. The van der Waals surface area contributed by atoms with Gasteiger partial charge in [0, 0.05) is 33.2 Å². The molecule has 0 atom stereocenters. The number of hydrogen-bond donors (Lipinski definition) is 2. The Kier molecular flexibility index (Phi) is 9.14. The Bertz CT molecular complexity index is 471. The van der Waals surface area contributed by atoms with Gasteiger partial charge in [-0.2, -0.15) is 0 Å². The molecule has 0 aliphatic rings. The first-order chi connectivity index (χ1) is 11.1. The fraction of sp³-hybridized carbons (Fsp3) is 0.611. The van der Waals surface area contributed by atoms with Crippen molar-refractivity contribution in [1.29, 1.82) is 0 Å². The van der Waals surface area contributed by atoms with E-state index < -0.39 is 0 Å². The highest BCUT2D eigenvalue weighted by Crippen LogP contribution is 2.25. The largest absolute Gasteiger partial charge is 0.397 e. The van der Waals surface area contributed by atoms with Crippen molar-refractivity contribution in [3.63, 3.8) is 0 Å². The molecule has 5 heteroatoms. The third-order valence-corrected chi connectivity index (χ3v) is 3.69. The summed E-state index contributed by atoms with van der Waals surface area (Å²) in [5.41, 5.74) is 9.22. The van der Waals surface area contributed by atoms with Crippen molar-refractivity contribution in [3.05, 3.63) is 23.8 Å². The molecule has 3 N–H and O–H groups in total. The van der Waals surface area contributed by atoms with Crippen LogP contribution in [0.4, 0.5) is 11.4 Å². The molecule has 1 aromatic carbocycles. The highest BCUT2D eigenvalue weighted by Gasteiger charge is 2.09. The number of hydrogen-bond acceptors (Lipinski definition) is 4. The number of carbonyl (C=O) groups excluding carboxylic acids is 1. The van der Waals surface area contributed by atoms with E-state index in [9.17, 15) is 4.79 Å². The molecule has 0 fully saturated rings. The first kappa shape index (κ1) is 19.3. The first-order valence-corrected chi connectivity index (χ1v) is 8.51. The van der Waals surface area contributed by atoms with E-state index in [-0.39, 0.29) is 5.91 Å². The van der Waals surface area contributed by atoms with Gasteiger partial charge in [-0.15, -0.1) is 0 Å². The molecule has 1 aromatic rings. The van der Waals surface area contributed by atoms with E-state index in [0.717, 1.165) is 42.9 Å². The van der Waals surface area contributed by atoms with Gasteiger partial charge in [-0.1, -0.05) is 19.9 Å². The normalized spacial score (nSPS) is 10.6. The summed E-state index contributed by atoms with van der Waals surface area (Å²) in [5, 5.41) is 2.83. The SMILES string of the molecule is CCCN(CCC)c1ccc(CCC(=O)NCCOC)cc1N. The summed E-state index contributed by atoms with van der Waals surface area (Å²) in [4.78, 5) is 14.0. The van der Waals surface area contributed by atoms with Crippen LogP contribution in [0.5, 0.6) is 0 Å². The molecule has 130 valence electrons. The van der Waals surface area contributed by atoms with Crippen LogP contribution in [-0.2, 0) is 16.0 Å². The van der Waals surface area contributed by atoms with Crippen molar-refractivity contribution in [3.8, 4) is 0 Å². The maximum atomic E-state index is 11.7. The molecule has 0 unspecified atom stereocenters. The number of ether oxygens (including phenoxy) is 1. The van der Waals surface area contributed by atoms with Gasteiger partial charge in [0.05, 0.1) is 18.0 Å². The second kappa shape index (κ2) is 10.9. The van der Waals surface area contributed by atoms with Gasteiger partial charge in [-0.3, -0.25) is 4.79 Å². The van der Waals surface area contributed by atoms with Gasteiger partial charge in [-0.25, -0.2) is 0 Å². The van der Waals surface area contributed by atoms with Crippen LogP contribution in [0.25, 0.3) is 0 Å². The van der Waals surface area contributed by atoms with Crippen molar-refractivity contribution >= 4 is 17.3 Å². The van der Waals surface area contributed by atoms with Gasteiger partial charge in [-0.05, 0) is 37.0 Å². The Morgan fingerprint density at radius 1 is 1.26 bits per heavy atom. The van der Waals surface area contributed by atoms with E-state index in [2.05, 4.69) is 36.2 Å². The lowest BCUT2D eigenvalue weighted by Gasteiger charge is -2.25. The molecule has 1 amide bonds. The van der Waals surface area contributed by atoms with Crippen LogP contribution in [0.15, 0.2) is 18.2 Å². The summed E-state index contributed by atoms with van der Waals surface area (Å²) in [5.74, 6) is 0.0447. The van der Waals surface area contributed by atoms with Gasteiger partial charge >= 0.3 is 0 Å². The second-order valence-electron chi connectivity index (χ2n) is 5.72. The predicted octanol–water partition coefficient (Wildman–Crippen LogP) is 2.59. The molecule has 0 saturated heterocycles. The standard InChI is InChI=1S/C18H31N3O2/c1-4-11-21(12-5-2)17-8-6-15(14-16(17)19)7-9-18(22)20-10-13-23-3/h6,8,14H,4-5,7,9-13,19H2,1-3H3,(H,20,22). The molecule has 0 radical (unpaired) electrons. The van der Waals surface area contributed by atoms with Crippen molar-refractivity contribution < 1.29 is 9.53 Å². The van der Waals surface area contributed by atoms with Crippen LogP contribution < -0.4 is 16.0 Å². The minimum atomic E-state index is 0.0447. The van der Waals surface area contributed by atoms with Crippen molar-refractivity contribution in [2.24, 2.45) is 0 Å². The maximum Gasteiger partial charge on any atom is 0.220 e. The zero-order valence-electron chi connectivity index (χ0n) is 14.7. The number of rotatable bonds is 11. The molecule has 0 aliphatic heterocycles. The highest BCUT2D eigenvalue weighted by atomic mass is 16.5. The van der Waals surface area contributed by atoms with Crippen molar-refractivity contribution in [2.45, 2.75) is 39.5 Å². The monoisotopic (exact) mass is 321 g/mol. The van der Waals surface area contributed by atoms with E-state index in [0.29, 0.717) is 26.0 Å². The molecular formula is C18H31N3O2. The van der Waals surface area contributed by atoms with Gasteiger partial charge < -0.3 is 20.7 Å². The fourth-order valence-corrected chi connectivity index (χ4v) is 2.58. The Morgan fingerprint density at radius 3 is 2.52 bits per heavy atom. The Hall–Kier alpha value is -1.75. The van der Waals surface area contributed by atoms with E-state index >= 15 is 0 Å². The topological polar surface area (TPSA) is 67.6 Å². The quantitative estimate of drug-likeness (QED) is 0.485. The molecule has 0 aliphatic carbocycles. The van der Waals surface area contributed by atoms with Gasteiger partial charge in [0.1, 0.15) is 0 Å². The van der Waals surface area contributed by atoms with E-state index in [4.69, 9.17) is 10.5 Å². The van der Waals surface area contributed by atoms with E-state index in [1.54, 1.807) is 7.11 Å². The minimum absolute atomic E-state index is 0.0447. The van der Waals surface area contributed by atoms with Crippen molar-refractivity contribution in [1.82, 2.24) is 5.32 Å². The van der Waals surface area contributed by atoms with Crippen LogP contribution in [-0.4, -0.2) is 39.3 Å². The van der Waals surface area contributed by atoms with Crippen LogP contribution in [0.2, 0.25) is 0 Å². The third kappa shape index (κ3) is 6.91. The van der Waals surface area contributed by atoms with Crippen molar-refractivity contribution in [2.75, 3.05) is 44.0 Å². The van der Waals surface area contributed by atoms with Crippen LogP contribution in [0.1, 0.15) is 38.7 Å². The molecule has 0 spiro atoms. The lowest BCUT2D eigenvalue weighted by Crippen LogP contribution is -2.27. The summed E-state index contributed by atoms with van der Waals surface area (Å²) >= 11 is 0. The molecule has 0 saturated carbocycles. The summed E-state index contributed by atoms with van der Waals surface area (Å²) in [6.45, 7) is 7.47. The van der Waals surface area contributed by atoms with Gasteiger partial charge in [0.25, 0.3) is 0 Å². The lowest BCUT2D eigenvalue weighted by molar-refractivity contribution is -0.121. The lowest BCUT2D eigenvalue weighted by atomic mass is 10.1. The smallest absolute Gasteiger partial charge is 0.220 e. The second-order valence-corrected chi connectivity index (χ2v) is 5.72. The number of methoxy groups -OCH3 is 1. The third-order valence-electron chi connectivity index (χ3n) is 3.69. The number of nitrogen functional groups attached to an aromatic ring is 1. The Labute approximate surface area is 140 Å². The number of benzene rings is 1.